The van der Waals surface area contributed by atoms with Gasteiger partial charge >= 0.3 is 6.61 Å². The number of likely N-dealkylation sites (N-methyl/N-ethyl adjacent to an activating group) is 1. The second kappa shape index (κ2) is 12.2. The van der Waals surface area contributed by atoms with Gasteiger partial charge in [0.25, 0.3) is 0 Å². The SMILES string of the molecule is CC.CC.COCC1CC(OC(F)F)CN1C. The van der Waals surface area contributed by atoms with Gasteiger partial charge in [0.2, 0.25) is 0 Å². The summed E-state index contributed by atoms with van der Waals surface area (Å²) < 4.78 is 33.1. The average molecular weight is 255 g/mol. The van der Waals surface area contributed by atoms with Crippen LogP contribution in [0, 0.1) is 0 Å². The average Bonchev–Trinajstić information content (AvgIpc) is 2.64. The van der Waals surface area contributed by atoms with Crippen molar-refractivity contribution >= 4 is 0 Å². The molecule has 3 nitrogen and oxygen atoms in total. The Kier molecular flexibility index (Phi) is 13.7. The molecule has 0 aromatic rings. The van der Waals surface area contributed by atoms with Gasteiger partial charge in [-0.3, -0.25) is 4.90 Å². The van der Waals surface area contributed by atoms with E-state index in [2.05, 4.69) is 4.74 Å². The first-order valence-corrected chi connectivity index (χ1v) is 6.26. The molecular formula is C12H27F2NO2. The lowest BCUT2D eigenvalue weighted by molar-refractivity contribution is -0.158. The van der Waals surface area contributed by atoms with E-state index in [1.54, 1.807) is 7.11 Å². The van der Waals surface area contributed by atoms with Crippen LogP contribution < -0.4 is 0 Å². The zero-order chi connectivity index (χ0) is 13.8. The van der Waals surface area contributed by atoms with Gasteiger partial charge in [-0.2, -0.15) is 8.78 Å². The van der Waals surface area contributed by atoms with E-state index in [0.717, 1.165) is 0 Å². The van der Waals surface area contributed by atoms with E-state index in [9.17, 15) is 8.78 Å². The number of halogens is 2. The lowest BCUT2D eigenvalue weighted by Crippen LogP contribution is -2.29. The maximum atomic E-state index is 11.9. The summed E-state index contributed by atoms with van der Waals surface area (Å²) in [6, 6.07) is 0.203. The van der Waals surface area contributed by atoms with Gasteiger partial charge < -0.3 is 9.47 Å². The number of methoxy groups -OCH3 is 1. The van der Waals surface area contributed by atoms with E-state index in [0.29, 0.717) is 19.6 Å². The third kappa shape index (κ3) is 8.46. The molecule has 0 radical (unpaired) electrons. The molecule has 1 rings (SSSR count). The summed E-state index contributed by atoms with van der Waals surface area (Å²) in [6.07, 6.45) is 0.263. The highest BCUT2D eigenvalue weighted by Crippen LogP contribution is 2.20. The molecule has 1 aliphatic heterocycles. The van der Waals surface area contributed by atoms with E-state index in [-0.39, 0.29) is 12.1 Å². The van der Waals surface area contributed by atoms with Gasteiger partial charge in [0.1, 0.15) is 0 Å². The van der Waals surface area contributed by atoms with E-state index >= 15 is 0 Å². The monoisotopic (exact) mass is 255 g/mol. The molecular weight excluding hydrogens is 228 g/mol. The Hall–Kier alpha value is -0.260. The highest BCUT2D eigenvalue weighted by molar-refractivity contribution is 4.83. The largest absolute Gasteiger partial charge is 0.383 e. The molecule has 1 saturated heterocycles. The summed E-state index contributed by atoms with van der Waals surface area (Å²) in [7, 11) is 3.49. The van der Waals surface area contributed by atoms with Gasteiger partial charge in [-0.15, -0.1) is 0 Å². The van der Waals surface area contributed by atoms with Crippen molar-refractivity contribution in [3.63, 3.8) is 0 Å². The number of likely N-dealkylation sites (tertiary alicyclic amines) is 1. The lowest BCUT2D eigenvalue weighted by Gasteiger charge is -2.16. The number of alkyl halides is 2. The minimum atomic E-state index is -2.67. The van der Waals surface area contributed by atoms with E-state index in [4.69, 9.17) is 4.74 Å². The Bertz CT molecular complexity index is 159. The number of nitrogens with zero attached hydrogens (tertiary/aromatic N) is 1. The van der Waals surface area contributed by atoms with Gasteiger partial charge in [-0.05, 0) is 13.5 Å². The van der Waals surface area contributed by atoms with Crippen LogP contribution in [-0.4, -0.2) is 51.0 Å². The molecule has 0 aromatic heterocycles. The lowest BCUT2D eigenvalue weighted by atomic mass is 10.2. The highest BCUT2D eigenvalue weighted by Gasteiger charge is 2.31. The molecule has 0 N–H and O–H groups in total. The molecule has 0 amide bonds. The Morgan fingerprint density at radius 1 is 1.24 bits per heavy atom. The van der Waals surface area contributed by atoms with Crippen molar-refractivity contribution in [1.82, 2.24) is 4.90 Å². The minimum absolute atomic E-state index is 0.203. The minimum Gasteiger partial charge on any atom is -0.383 e. The Morgan fingerprint density at radius 3 is 2.18 bits per heavy atom. The summed E-state index contributed by atoms with van der Waals surface area (Å²) in [6.45, 7) is 6.46. The molecule has 0 saturated carbocycles. The summed E-state index contributed by atoms with van der Waals surface area (Å²) in [5.74, 6) is 0. The van der Waals surface area contributed by atoms with Crippen LogP contribution in [0.5, 0.6) is 0 Å². The first-order valence-electron chi connectivity index (χ1n) is 6.26. The molecule has 0 spiro atoms. The second-order valence-electron chi connectivity index (χ2n) is 3.30. The maximum Gasteiger partial charge on any atom is 0.345 e. The van der Waals surface area contributed by atoms with Crippen molar-refractivity contribution in [2.45, 2.75) is 52.9 Å². The van der Waals surface area contributed by atoms with Crippen molar-refractivity contribution in [2.24, 2.45) is 0 Å². The standard InChI is InChI=1S/C8H15F2NO2.2C2H6/c1-11-4-7(13-8(9)10)3-6(11)5-12-2;2*1-2/h6-8H,3-5H2,1-2H3;2*1-2H3. The molecule has 5 heteroatoms. The summed E-state index contributed by atoms with van der Waals surface area (Å²) in [4.78, 5) is 1.98. The molecule has 1 heterocycles. The van der Waals surface area contributed by atoms with Crippen LogP contribution in [0.25, 0.3) is 0 Å². The maximum absolute atomic E-state index is 11.9. The predicted octanol–water partition coefficient (Wildman–Crippen LogP) is 3.00. The van der Waals surface area contributed by atoms with Crippen LogP contribution in [0.2, 0.25) is 0 Å². The molecule has 0 aliphatic carbocycles. The van der Waals surface area contributed by atoms with Crippen LogP contribution >= 0.6 is 0 Å². The molecule has 1 aliphatic rings. The molecule has 0 aromatic carbocycles. The van der Waals surface area contributed by atoms with Gasteiger partial charge in [0.05, 0.1) is 12.7 Å². The fraction of sp³-hybridized carbons (Fsp3) is 1.00. The number of hydrogen-bond donors (Lipinski definition) is 0. The first-order chi connectivity index (χ1) is 8.13. The first kappa shape index (κ1) is 19.1. The van der Waals surface area contributed by atoms with Crippen LogP contribution in [0.4, 0.5) is 8.78 Å². The smallest absolute Gasteiger partial charge is 0.345 e. The van der Waals surface area contributed by atoms with Gasteiger partial charge in [0.15, 0.2) is 0 Å². The summed E-state index contributed by atoms with van der Waals surface area (Å²) in [5, 5.41) is 0. The van der Waals surface area contributed by atoms with Crippen LogP contribution in [0.3, 0.4) is 0 Å². The van der Waals surface area contributed by atoms with Gasteiger partial charge in [0, 0.05) is 19.7 Å². The second-order valence-corrected chi connectivity index (χ2v) is 3.30. The van der Waals surface area contributed by atoms with Crippen LogP contribution in [-0.2, 0) is 9.47 Å². The van der Waals surface area contributed by atoms with Crippen molar-refractivity contribution in [3.8, 4) is 0 Å². The molecule has 106 valence electrons. The van der Waals surface area contributed by atoms with E-state index in [1.165, 1.54) is 0 Å². The fourth-order valence-corrected chi connectivity index (χ4v) is 1.66. The molecule has 2 atom stereocenters. The molecule has 17 heavy (non-hydrogen) atoms. The van der Waals surface area contributed by atoms with Crippen LogP contribution in [0.1, 0.15) is 34.1 Å². The van der Waals surface area contributed by atoms with Crippen molar-refractivity contribution < 1.29 is 18.3 Å². The summed E-state index contributed by atoms with van der Waals surface area (Å²) >= 11 is 0. The predicted molar refractivity (Wildman–Crippen MR) is 66.5 cm³/mol. The zero-order valence-corrected chi connectivity index (χ0v) is 11.9. The van der Waals surface area contributed by atoms with E-state index < -0.39 is 6.61 Å². The van der Waals surface area contributed by atoms with Crippen molar-refractivity contribution in [3.05, 3.63) is 0 Å². The van der Waals surface area contributed by atoms with E-state index in [1.807, 2.05) is 39.6 Å². The quantitative estimate of drug-likeness (QED) is 0.771. The molecule has 1 fully saturated rings. The van der Waals surface area contributed by atoms with Crippen LogP contribution in [0.15, 0.2) is 0 Å². The molecule has 2 unspecified atom stereocenters. The molecule has 0 bridgehead atoms. The third-order valence-electron chi connectivity index (χ3n) is 2.30. The highest BCUT2D eigenvalue weighted by atomic mass is 19.3. The fourth-order valence-electron chi connectivity index (χ4n) is 1.66. The van der Waals surface area contributed by atoms with Gasteiger partial charge in [-0.25, -0.2) is 0 Å². The Balaban J connectivity index is 0. The normalized spacial score (nSPS) is 23.8. The summed E-state index contributed by atoms with van der Waals surface area (Å²) in [5.41, 5.74) is 0. The Labute approximate surface area is 104 Å². The number of hydrogen-bond acceptors (Lipinski definition) is 3. The van der Waals surface area contributed by atoms with Crippen molar-refractivity contribution in [2.75, 3.05) is 27.3 Å². The number of rotatable bonds is 4. The topological polar surface area (TPSA) is 21.7 Å². The number of ether oxygens (including phenoxy) is 2. The van der Waals surface area contributed by atoms with Gasteiger partial charge in [-0.1, -0.05) is 27.7 Å². The van der Waals surface area contributed by atoms with Crippen molar-refractivity contribution in [1.29, 1.82) is 0 Å². The Morgan fingerprint density at radius 2 is 1.76 bits per heavy atom. The zero-order valence-electron chi connectivity index (χ0n) is 11.9. The third-order valence-corrected chi connectivity index (χ3v) is 2.30.